The lowest BCUT2D eigenvalue weighted by Gasteiger charge is -2.14. The van der Waals surface area contributed by atoms with Crippen LogP contribution in [0.2, 0.25) is 0 Å². The van der Waals surface area contributed by atoms with Gasteiger partial charge < -0.3 is 10.6 Å². The third-order valence-corrected chi connectivity index (χ3v) is 2.26. The van der Waals surface area contributed by atoms with Crippen molar-refractivity contribution in [3.8, 4) is 0 Å². The second-order valence-electron chi connectivity index (χ2n) is 3.43. The highest BCUT2D eigenvalue weighted by Gasteiger charge is 2.06. The van der Waals surface area contributed by atoms with Crippen molar-refractivity contribution in [1.82, 2.24) is 15.1 Å². The number of aryl methyl sites for hydroxylation is 2. The molecule has 2 N–H and O–H groups in total. The van der Waals surface area contributed by atoms with Crippen LogP contribution in [-0.2, 0) is 7.05 Å². The number of anilines is 1. The number of hydrogen-bond donors (Lipinski definition) is 2. The number of hydrogen-bond acceptors (Lipinski definition) is 4. The molecule has 0 spiro atoms. The zero-order valence-corrected chi connectivity index (χ0v) is 8.54. The quantitative estimate of drug-likeness (QED) is 0.682. The maximum atomic E-state index is 4.31. The summed E-state index contributed by atoms with van der Waals surface area (Å²) in [6, 6.07) is 2.00. The molecular formula is C9H15N5. The summed E-state index contributed by atoms with van der Waals surface area (Å²) < 4.78 is 1.84. The van der Waals surface area contributed by atoms with E-state index in [9.17, 15) is 0 Å². The summed E-state index contributed by atoms with van der Waals surface area (Å²) in [5, 5.41) is 10.6. The van der Waals surface area contributed by atoms with Gasteiger partial charge >= 0.3 is 0 Å². The molecule has 0 atom stereocenters. The Labute approximate surface area is 83.2 Å². The zero-order chi connectivity index (χ0) is 9.97. The standard InChI is InChI=1S/C9H15N5/c1-7-6-8(13-14(7)2)12-9-10-4-3-5-11-9/h6H,3-5H2,1-2H3,(H2,10,11,12,13). The molecule has 2 heterocycles. The fourth-order valence-corrected chi connectivity index (χ4v) is 1.36. The molecule has 0 saturated carbocycles. The first kappa shape index (κ1) is 9.05. The van der Waals surface area contributed by atoms with E-state index >= 15 is 0 Å². The third-order valence-electron chi connectivity index (χ3n) is 2.26. The van der Waals surface area contributed by atoms with Gasteiger partial charge in [0.2, 0.25) is 0 Å². The van der Waals surface area contributed by atoms with Crippen LogP contribution in [0.15, 0.2) is 11.1 Å². The summed E-state index contributed by atoms with van der Waals surface area (Å²) in [5.41, 5.74) is 1.13. The molecule has 76 valence electrons. The Bertz CT molecular complexity index is 333. The molecule has 0 amide bonds. The van der Waals surface area contributed by atoms with Gasteiger partial charge in [0.05, 0.1) is 0 Å². The molecule has 0 saturated heterocycles. The Morgan fingerprint density at radius 2 is 2.43 bits per heavy atom. The highest BCUT2D eigenvalue weighted by atomic mass is 15.3. The number of aromatic nitrogens is 2. The van der Waals surface area contributed by atoms with Crippen molar-refractivity contribution >= 4 is 11.8 Å². The van der Waals surface area contributed by atoms with Crippen molar-refractivity contribution in [1.29, 1.82) is 0 Å². The van der Waals surface area contributed by atoms with Crippen molar-refractivity contribution < 1.29 is 0 Å². The van der Waals surface area contributed by atoms with Crippen LogP contribution in [0, 0.1) is 6.92 Å². The Hall–Kier alpha value is -1.52. The van der Waals surface area contributed by atoms with Crippen LogP contribution in [0.3, 0.4) is 0 Å². The van der Waals surface area contributed by atoms with Crippen LogP contribution < -0.4 is 10.6 Å². The van der Waals surface area contributed by atoms with Crippen molar-refractivity contribution in [3.05, 3.63) is 11.8 Å². The molecule has 1 aliphatic heterocycles. The number of guanidine groups is 1. The fourth-order valence-electron chi connectivity index (χ4n) is 1.36. The Morgan fingerprint density at radius 3 is 3.00 bits per heavy atom. The van der Waals surface area contributed by atoms with Crippen LogP contribution in [0.4, 0.5) is 5.82 Å². The van der Waals surface area contributed by atoms with Gasteiger partial charge in [-0.25, -0.2) is 0 Å². The second kappa shape index (κ2) is 3.69. The highest BCUT2D eigenvalue weighted by Crippen LogP contribution is 2.06. The predicted molar refractivity (Wildman–Crippen MR) is 56.5 cm³/mol. The first-order valence-corrected chi connectivity index (χ1v) is 4.82. The summed E-state index contributed by atoms with van der Waals surface area (Å²) in [7, 11) is 1.93. The molecule has 1 aliphatic rings. The molecule has 0 aliphatic carbocycles. The van der Waals surface area contributed by atoms with E-state index in [0.717, 1.165) is 37.0 Å². The molecule has 0 aromatic carbocycles. The van der Waals surface area contributed by atoms with Crippen molar-refractivity contribution in [3.63, 3.8) is 0 Å². The van der Waals surface area contributed by atoms with Crippen LogP contribution in [-0.4, -0.2) is 28.8 Å². The molecule has 0 bridgehead atoms. The number of nitrogens with one attached hydrogen (secondary N) is 2. The largest absolute Gasteiger partial charge is 0.356 e. The molecular weight excluding hydrogens is 178 g/mol. The lowest BCUT2D eigenvalue weighted by atomic mass is 10.4. The topological polar surface area (TPSA) is 54.2 Å². The van der Waals surface area contributed by atoms with E-state index in [1.807, 2.05) is 24.7 Å². The van der Waals surface area contributed by atoms with Crippen LogP contribution in [0.25, 0.3) is 0 Å². The molecule has 1 aromatic rings. The van der Waals surface area contributed by atoms with E-state index in [1.165, 1.54) is 0 Å². The van der Waals surface area contributed by atoms with Gasteiger partial charge in [0, 0.05) is 31.9 Å². The molecule has 2 rings (SSSR count). The van der Waals surface area contributed by atoms with Gasteiger partial charge in [0.25, 0.3) is 0 Å². The molecule has 5 nitrogen and oxygen atoms in total. The summed E-state index contributed by atoms with van der Waals surface area (Å²) in [5.74, 6) is 1.67. The van der Waals surface area contributed by atoms with E-state index in [2.05, 4.69) is 20.7 Å². The number of nitrogens with zero attached hydrogens (tertiary/aromatic N) is 3. The van der Waals surface area contributed by atoms with Crippen LogP contribution in [0.5, 0.6) is 0 Å². The van der Waals surface area contributed by atoms with E-state index < -0.39 is 0 Å². The smallest absolute Gasteiger partial charge is 0.197 e. The molecule has 14 heavy (non-hydrogen) atoms. The van der Waals surface area contributed by atoms with E-state index in [4.69, 9.17) is 0 Å². The lowest BCUT2D eigenvalue weighted by Crippen LogP contribution is -2.35. The summed E-state index contributed by atoms with van der Waals surface area (Å²) in [4.78, 5) is 4.31. The average molecular weight is 193 g/mol. The second-order valence-corrected chi connectivity index (χ2v) is 3.43. The van der Waals surface area contributed by atoms with E-state index in [-0.39, 0.29) is 0 Å². The zero-order valence-electron chi connectivity index (χ0n) is 8.54. The van der Waals surface area contributed by atoms with Gasteiger partial charge in [0.1, 0.15) is 0 Å². The summed E-state index contributed by atoms with van der Waals surface area (Å²) in [6.45, 7) is 3.90. The molecule has 0 unspecified atom stereocenters. The van der Waals surface area contributed by atoms with Gasteiger partial charge in [-0.05, 0) is 13.3 Å². The highest BCUT2D eigenvalue weighted by molar-refractivity contribution is 5.93. The first-order chi connectivity index (χ1) is 6.75. The van der Waals surface area contributed by atoms with Gasteiger partial charge in [-0.1, -0.05) is 0 Å². The van der Waals surface area contributed by atoms with E-state index in [0.29, 0.717) is 0 Å². The maximum Gasteiger partial charge on any atom is 0.197 e. The third kappa shape index (κ3) is 1.86. The minimum absolute atomic E-state index is 0.828. The summed E-state index contributed by atoms with van der Waals surface area (Å²) in [6.07, 6.45) is 1.10. The predicted octanol–water partition coefficient (Wildman–Crippen LogP) is 0.490. The van der Waals surface area contributed by atoms with Gasteiger partial charge in [-0.15, -0.1) is 0 Å². The van der Waals surface area contributed by atoms with Crippen molar-refractivity contribution in [2.75, 3.05) is 18.4 Å². The Morgan fingerprint density at radius 1 is 1.57 bits per heavy atom. The minimum atomic E-state index is 0.828. The van der Waals surface area contributed by atoms with Crippen LogP contribution >= 0.6 is 0 Å². The van der Waals surface area contributed by atoms with Gasteiger partial charge in [-0.3, -0.25) is 9.67 Å². The first-order valence-electron chi connectivity index (χ1n) is 4.82. The summed E-state index contributed by atoms with van der Waals surface area (Å²) >= 11 is 0. The molecule has 1 aromatic heterocycles. The Balaban J connectivity index is 2.06. The lowest BCUT2D eigenvalue weighted by molar-refractivity contribution is 0.732. The number of aliphatic imine (C=N–C) groups is 1. The van der Waals surface area contributed by atoms with Gasteiger partial charge in [0.15, 0.2) is 11.8 Å². The molecule has 5 heteroatoms. The SMILES string of the molecule is Cc1cc(NC2=NCCCN2)nn1C. The fraction of sp³-hybridized carbons (Fsp3) is 0.556. The monoisotopic (exact) mass is 193 g/mol. The molecule has 0 radical (unpaired) electrons. The number of rotatable bonds is 1. The van der Waals surface area contributed by atoms with Crippen LogP contribution in [0.1, 0.15) is 12.1 Å². The molecule has 0 fully saturated rings. The van der Waals surface area contributed by atoms with E-state index in [1.54, 1.807) is 0 Å². The van der Waals surface area contributed by atoms with Gasteiger partial charge in [-0.2, -0.15) is 5.10 Å². The maximum absolute atomic E-state index is 4.31. The average Bonchev–Trinajstić information content (AvgIpc) is 2.47. The van der Waals surface area contributed by atoms with Crippen molar-refractivity contribution in [2.45, 2.75) is 13.3 Å². The normalized spacial score (nSPS) is 16.0. The Kier molecular flexibility index (Phi) is 2.39. The minimum Gasteiger partial charge on any atom is -0.356 e. The van der Waals surface area contributed by atoms with Crippen molar-refractivity contribution in [2.24, 2.45) is 12.0 Å².